The van der Waals surface area contributed by atoms with Crippen molar-refractivity contribution in [1.29, 1.82) is 0 Å². The van der Waals surface area contributed by atoms with E-state index in [1.165, 1.54) is 5.56 Å². The molecule has 0 bridgehead atoms. The van der Waals surface area contributed by atoms with E-state index in [1.54, 1.807) is 6.20 Å². The number of nitrogens with one attached hydrogen (secondary N) is 1. The number of nitrogens with zero attached hydrogens (tertiary/aromatic N) is 1. The van der Waals surface area contributed by atoms with Gasteiger partial charge in [-0.15, -0.1) is 0 Å². The van der Waals surface area contributed by atoms with Crippen LogP contribution in [0.1, 0.15) is 32.2 Å². The Labute approximate surface area is 122 Å². The van der Waals surface area contributed by atoms with Crippen LogP contribution in [0.25, 0.3) is 11.3 Å². The lowest BCUT2D eigenvalue weighted by Crippen LogP contribution is -2.35. The van der Waals surface area contributed by atoms with Gasteiger partial charge in [0.2, 0.25) is 5.89 Å². The molecule has 0 amide bonds. The van der Waals surface area contributed by atoms with Gasteiger partial charge >= 0.3 is 0 Å². The molecule has 0 aliphatic rings. The molecule has 0 unspecified atom stereocenters. The van der Waals surface area contributed by atoms with Crippen LogP contribution in [0, 0.1) is 6.92 Å². The summed E-state index contributed by atoms with van der Waals surface area (Å²) in [6.07, 6.45) is 1.78. The van der Waals surface area contributed by atoms with Gasteiger partial charge in [0, 0.05) is 15.6 Å². The fourth-order valence-electron chi connectivity index (χ4n) is 1.66. The van der Waals surface area contributed by atoms with E-state index in [4.69, 9.17) is 4.42 Å². The Morgan fingerprint density at radius 2 is 2.05 bits per heavy atom. The maximum atomic E-state index is 5.77. The van der Waals surface area contributed by atoms with Crippen LogP contribution in [0.4, 0.5) is 0 Å². The van der Waals surface area contributed by atoms with Crippen molar-refractivity contribution in [3.8, 4) is 11.3 Å². The lowest BCUT2D eigenvalue weighted by Gasteiger charge is -2.18. The Kier molecular flexibility index (Phi) is 4.11. The zero-order valence-corrected chi connectivity index (χ0v) is 13.3. The highest BCUT2D eigenvalue weighted by Crippen LogP contribution is 2.25. The van der Waals surface area contributed by atoms with Gasteiger partial charge in [-0.1, -0.05) is 22.0 Å². The van der Waals surface area contributed by atoms with Gasteiger partial charge in [0.05, 0.1) is 12.7 Å². The number of hydrogen-bond acceptors (Lipinski definition) is 3. The van der Waals surface area contributed by atoms with Gasteiger partial charge in [-0.05, 0) is 45.4 Å². The summed E-state index contributed by atoms with van der Waals surface area (Å²) in [5.74, 6) is 1.52. The smallest absolute Gasteiger partial charge is 0.208 e. The molecule has 19 heavy (non-hydrogen) atoms. The van der Waals surface area contributed by atoms with Crippen LogP contribution >= 0.6 is 15.9 Å². The molecule has 1 aromatic carbocycles. The quantitative estimate of drug-likeness (QED) is 0.915. The molecule has 3 nitrogen and oxygen atoms in total. The minimum Gasteiger partial charge on any atom is -0.439 e. The molecule has 0 spiro atoms. The van der Waals surface area contributed by atoms with Gasteiger partial charge in [0.15, 0.2) is 5.76 Å². The molecular formula is C15H19BrN2O. The first-order valence-corrected chi connectivity index (χ1v) is 7.11. The van der Waals surface area contributed by atoms with Crippen LogP contribution in [0.15, 0.2) is 33.3 Å². The first-order chi connectivity index (χ1) is 8.85. The first kappa shape index (κ1) is 14.3. The highest BCUT2D eigenvalue weighted by atomic mass is 79.9. The molecule has 1 N–H and O–H groups in total. The number of aryl methyl sites for hydroxylation is 1. The average Bonchev–Trinajstić information content (AvgIpc) is 2.78. The predicted molar refractivity (Wildman–Crippen MR) is 81.0 cm³/mol. The van der Waals surface area contributed by atoms with Crippen molar-refractivity contribution in [2.24, 2.45) is 0 Å². The normalized spacial score (nSPS) is 11.8. The van der Waals surface area contributed by atoms with E-state index >= 15 is 0 Å². The summed E-state index contributed by atoms with van der Waals surface area (Å²) >= 11 is 3.50. The largest absolute Gasteiger partial charge is 0.439 e. The van der Waals surface area contributed by atoms with Gasteiger partial charge in [-0.3, -0.25) is 0 Å². The molecule has 0 saturated carbocycles. The summed E-state index contributed by atoms with van der Waals surface area (Å²) in [5, 5.41) is 3.36. The van der Waals surface area contributed by atoms with Crippen molar-refractivity contribution < 1.29 is 4.42 Å². The van der Waals surface area contributed by atoms with E-state index in [0.717, 1.165) is 15.8 Å². The SMILES string of the molecule is Cc1cc(-c2cnc(CNC(C)(C)C)o2)ccc1Br. The Bertz CT molecular complexity index is 570. The fraction of sp³-hybridized carbons (Fsp3) is 0.400. The highest BCUT2D eigenvalue weighted by molar-refractivity contribution is 9.10. The van der Waals surface area contributed by atoms with Crippen molar-refractivity contribution in [3.63, 3.8) is 0 Å². The molecule has 0 aliphatic carbocycles. The number of halogens is 1. The summed E-state index contributed by atoms with van der Waals surface area (Å²) in [4.78, 5) is 4.31. The lowest BCUT2D eigenvalue weighted by atomic mass is 10.1. The molecular weight excluding hydrogens is 304 g/mol. The summed E-state index contributed by atoms with van der Waals surface area (Å²) in [5.41, 5.74) is 2.29. The predicted octanol–water partition coefficient (Wildman–Crippen LogP) is 4.30. The van der Waals surface area contributed by atoms with E-state index in [2.05, 4.69) is 60.0 Å². The minimum atomic E-state index is 0.0584. The molecule has 1 heterocycles. The number of aromatic nitrogens is 1. The maximum Gasteiger partial charge on any atom is 0.208 e. The minimum absolute atomic E-state index is 0.0584. The molecule has 0 saturated heterocycles. The van der Waals surface area contributed by atoms with Crippen LogP contribution < -0.4 is 5.32 Å². The van der Waals surface area contributed by atoms with Crippen molar-refractivity contribution in [2.45, 2.75) is 39.8 Å². The van der Waals surface area contributed by atoms with Crippen LogP contribution in [0.3, 0.4) is 0 Å². The lowest BCUT2D eigenvalue weighted by molar-refractivity contribution is 0.383. The number of hydrogen-bond donors (Lipinski definition) is 1. The van der Waals surface area contributed by atoms with E-state index in [0.29, 0.717) is 12.4 Å². The maximum absolute atomic E-state index is 5.77. The molecule has 0 aliphatic heterocycles. The number of rotatable bonds is 3. The summed E-state index contributed by atoms with van der Waals surface area (Å²) in [6.45, 7) is 9.06. The molecule has 0 radical (unpaired) electrons. The van der Waals surface area contributed by atoms with Gasteiger partial charge in [0.25, 0.3) is 0 Å². The van der Waals surface area contributed by atoms with Crippen LogP contribution in [0.5, 0.6) is 0 Å². The second-order valence-corrected chi connectivity index (χ2v) is 6.54. The monoisotopic (exact) mass is 322 g/mol. The van der Waals surface area contributed by atoms with Crippen molar-refractivity contribution in [2.75, 3.05) is 0 Å². The molecule has 102 valence electrons. The molecule has 4 heteroatoms. The van der Waals surface area contributed by atoms with Crippen molar-refractivity contribution >= 4 is 15.9 Å². The van der Waals surface area contributed by atoms with Crippen LogP contribution in [-0.4, -0.2) is 10.5 Å². The summed E-state index contributed by atoms with van der Waals surface area (Å²) in [7, 11) is 0. The average molecular weight is 323 g/mol. The highest BCUT2D eigenvalue weighted by Gasteiger charge is 2.12. The zero-order valence-electron chi connectivity index (χ0n) is 11.7. The molecule has 1 aromatic heterocycles. The van der Waals surface area contributed by atoms with Gasteiger partial charge in [-0.2, -0.15) is 0 Å². The van der Waals surface area contributed by atoms with E-state index in [-0.39, 0.29) is 5.54 Å². The molecule has 2 aromatic rings. The second-order valence-electron chi connectivity index (χ2n) is 5.69. The third kappa shape index (κ3) is 3.91. The Morgan fingerprint density at radius 1 is 1.32 bits per heavy atom. The van der Waals surface area contributed by atoms with Gasteiger partial charge < -0.3 is 9.73 Å². The third-order valence-electron chi connectivity index (χ3n) is 2.77. The van der Waals surface area contributed by atoms with Crippen molar-refractivity contribution in [3.05, 3.63) is 40.3 Å². The summed E-state index contributed by atoms with van der Waals surface area (Å²) in [6, 6.07) is 6.14. The molecule has 2 rings (SSSR count). The second kappa shape index (κ2) is 5.47. The van der Waals surface area contributed by atoms with Crippen molar-refractivity contribution in [1.82, 2.24) is 10.3 Å². The third-order valence-corrected chi connectivity index (χ3v) is 3.66. The topological polar surface area (TPSA) is 38.1 Å². The fourth-order valence-corrected chi connectivity index (χ4v) is 1.91. The Hall–Kier alpha value is -1.13. The van der Waals surface area contributed by atoms with Crippen LogP contribution in [0.2, 0.25) is 0 Å². The summed E-state index contributed by atoms with van der Waals surface area (Å²) < 4.78 is 6.87. The molecule has 0 fully saturated rings. The zero-order chi connectivity index (χ0) is 14.0. The standard InChI is InChI=1S/C15H19BrN2O/c1-10-7-11(5-6-12(10)16)13-8-17-14(19-13)9-18-15(2,3)4/h5-8,18H,9H2,1-4H3. The number of benzene rings is 1. The first-order valence-electron chi connectivity index (χ1n) is 6.31. The van der Waals surface area contributed by atoms with E-state index in [9.17, 15) is 0 Å². The van der Waals surface area contributed by atoms with Gasteiger partial charge in [-0.25, -0.2) is 4.98 Å². The van der Waals surface area contributed by atoms with E-state index in [1.807, 2.05) is 12.1 Å². The van der Waals surface area contributed by atoms with E-state index < -0.39 is 0 Å². The Balaban J connectivity index is 2.14. The van der Waals surface area contributed by atoms with Gasteiger partial charge in [0.1, 0.15) is 0 Å². The van der Waals surface area contributed by atoms with Crippen LogP contribution in [-0.2, 0) is 6.54 Å². The number of oxazole rings is 1. The molecule has 0 atom stereocenters. The Morgan fingerprint density at radius 3 is 2.68 bits per heavy atom.